The van der Waals surface area contributed by atoms with Gasteiger partial charge in [-0.05, 0) is 69.3 Å². The number of benzene rings is 3. The summed E-state index contributed by atoms with van der Waals surface area (Å²) in [6.45, 7) is 2.59. The van der Waals surface area contributed by atoms with Crippen LogP contribution in [0.1, 0.15) is 44.7 Å². The highest BCUT2D eigenvalue weighted by molar-refractivity contribution is 6.22. The van der Waals surface area contributed by atoms with E-state index in [0.29, 0.717) is 39.5 Å². The number of methoxy groups -OCH3 is 1. The fourth-order valence-electron chi connectivity index (χ4n) is 5.35. The SMILES string of the molecule is COC(=O)c1ccc2c(C(=Nc3ccc(C(=O)N4CCC(CN(C)C)CC4)cc3)c3ccccc3)c(O)[nH]c2c1. The molecule has 8 heteroatoms. The van der Waals surface area contributed by atoms with Crippen LogP contribution in [0.3, 0.4) is 0 Å². The van der Waals surface area contributed by atoms with Crippen molar-refractivity contribution in [1.29, 1.82) is 0 Å². The molecule has 1 aromatic heterocycles. The number of carbonyl (C=O) groups excluding carboxylic acids is 2. The van der Waals surface area contributed by atoms with Gasteiger partial charge in [0.05, 0.1) is 29.6 Å². The van der Waals surface area contributed by atoms with Gasteiger partial charge >= 0.3 is 5.97 Å². The van der Waals surface area contributed by atoms with Crippen molar-refractivity contribution in [3.63, 3.8) is 0 Å². The molecule has 1 amide bonds. The number of nitrogens with one attached hydrogen (secondary N) is 1. The highest BCUT2D eigenvalue weighted by atomic mass is 16.5. The molecule has 3 aromatic carbocycles. The van der Waals surface area contributed by atoms with Crippen molar-refractivity contribution < 1.29 is 19.4 Å². The predicted octanol–water partition coefficient (Wildman–Crippen LogP) is 5.24. The number of aliphatic imine (C=N–C) groups is 1. The van der Waals surface area contributed by atoms with E-state index in [9.17, 15) is 14.7 Å². The third kappa shape index (κ3) is 5.77. The summed E-state index contributed by atoms with van der Waals surface area (Å²) in [4.78, 5) is 37.2. The maximum absolute atomic E-state index is 13.2. The van der Waals surface area contributed by atoms with Crippen LogP contribution in [0.25, 0.3) is 10.9 Å². The zero-order valence-electron chi connectivity index (χ0n) is 23.1. The average molecular weight is 539 g/mol. The van der Waals surface area contributed by atoms with Crippen LogP contribution in [0.5, 0.6) is 5.88 Å². The second kappa shape index (κ2) is 11.8. The second-order valence-electron chi connectivity index (χ2n) is 10.5. The number of aromatic hydroxyl groups is 1. The van der Waals surface area contributed by atoms with Crippen LogP contribution in [0.4, 0.5) is 5.69 Å². The quantitative estimate of drug-likeness (QED) is 0.248. The number of rotatable bonds is 7. The molecule has 4 aromatic rings. The summed E-state index contributed by atoms with van der Waals surface area (Å²) in [7, 11) is 5.51. The number of hydrogen-bond donors (Lipinski definition) is 2. The maximum Gasteiger partial charge on any atom is 0.337 e. The largest absolute Gasteiger partial charge is 0.494 e. The summed E-state index contributed by atoms with van der Waals surface area (Å²) in [6.07, 6.45) is 2.03. The number of carbonyl (C=O) groups is 2. The van der Waals surface area contributed by atoms with Gasteiger partial charge in [0.1, 0.15) is 0 Å². The normalized spacial score (nSPS) is 14.6. The van der Waals surface area contributed by atoms with Crippen molar-refractivity contribution >= 4 is 34.2 Å². The monoisotopic (exact) mass is 538 g/mol. The van der Waals surface area contributed by atoms with Crippen LogP contribution >= 0.6 is 0 Å². The number of amides is 1. The van der Waals surface area contributed by atoms with E-state index in [1.165, 1.54) is 7.11 Å². The van der Waals surface area contributed by atoms with Crippen LogP contribution in [0.15, 0.2) is 77.8 Å². The minimum absolute atomic E-state index is 0.0396. The minimum atomic E-state index is -0.456. The molecule has 1 fully saturated rings. The lowest BCUT2D eigenvalue weighted by atomic mass is 9.96. The topological polar surface area (TPSA) is 98.2 Å². The van der Waals surface area contributed by atoms with Crippen molar-refractivity contribution in [2.24, 2.45) is 10.9 Å². The second-order valence-corrected chi connectivity index (χ2v) is 10.5. The molecule has 0 aliphatic carbocycles. The highest BCUT2D eigenvalue weighted by Crippen LogP contribution is 2.32. The third-order valence-electron chi connectivity index (χ3n) is 7.36. The molecule has 1 aliphatic rings. The predicted molar refractivity (Wildman–Crippen MR) is 157 cm³/mol. The first-order valence-corrected chi connectivity index (χ1v) is 13.5. The number of nitrogens with zero attached hydrogens (tertiary/aromatic N) is 3. The highest BCUT2D eigenvalue weighted by Gasteiger charge is 2.24. The molecule has 206 valence electrons. The average Bonchev–Trinajstić information content (AvgIpc) is 3.30. The molecule has 5 rings (SSSR count). The molecule has 0 spiro atoms. The van der Waals surface area contributed by atoms with Gasteiger partial charge in [-0.1, -0.05) is 36.4 Å². The molecular formula is C32H34N4O4. The molecule has 0 bridgehead atoms. The summed E-state index contributed by atoms with van der Waals surface area (Å²) in [5, 5.41) is 11.7. The van der Waals surface area contributed by atoms with Crippen LogP contribution in [0, 0.1) is 5.92 Å². The van der Waals surface area contributed by atoms with E-state index in [4.69, 9.17) is 9.73 Å². The first kappa shape index (κ1) is 27.1. The number of piperidine rings is 1. The molecular weight excluding hydrogens is 504 g/mol. The van der Waals surface area contributed by atoms with E-state index in [2.05, 4.69) is 24.0 Å². The standard InChI is InChI=1S/C32H34N4O4/c1-35(2)20-21-15-17-36(18-16-21)31(38)23-9-12-25(13-10-23)33-29(22-7-5-4-6-8-22)28-26-14-11-24(32(39)40-3)19-27(26)34-30(28)37/h4-14,19,21,34,37H,15-18,20H2,1-3H3. The van der Waals surface area contributed by atoms with E-state index in [0.717, 1.165) is 43.4 Å². The molecule has 1 saturated heterocycles. The Morgan fingerprint density at radius 3 is 2.30 bits per heavy atom. The molecule has 2 heterocycles. The van der Waals surface area contributed by atoms with E-state index >= 15 is 0 Å². The Hall–Kier alpha value is -4.43. The molecule has 0 radical (unpaired) electrons. The van der Waals surface area contributed by atoms with Gasteiger partial charge in [-0.25, -0.2) is 9.79 Å². The van der Waals surface area contributed by atoms with Crippen LogP contribution in [-0.4, -0.2) is 78.3 Å². The van der Waals surface area contributed by atoms with E-state index in [-0.39, 0.29) is 11.8 Å². The lowest BCUT2D eigenvalue weighted by molar-refractivity contribution is 0.0600. The summed E-state index contributed by atoms with van der Waals surface area (Å²) < 4.78 is 4.83. The van der Waals surface area contributed by atoms with Gasteiger partial charge in [0.25, 0.3) is 5.91 Å². The first-order chi connectivity index (χ1) is 19.3. The van der Waals surface area contributed by atoms with Gasteiger partial charge < -0.3 is 24.6 Å². The fourth-order valence-corrected chi connectivity index (χ4v) is 5.35. The summed E-state index contributed by atoms with van der Waals surface area (Å²) in [6, 6.07) is 22.0. The maximum atomic E-state index is 13.2. The number of esters is 1. The zero-order chi connectivity index (χ0) is 28.2. The number of H-pyrrole nitrogens is 1. The number of fused-ring (bicyclic) bond motifs is 1. The van der Waals surface area contributed by atoms with Gasteiger partial charge in [-0.3, -0.25) is 4.79 Å². The van der Waals surface area contributed by atoms with Crippen molar-refractivity contribution in [3.8, 4) is 5.88 Å². The Balaban J connectivity index is 1.44. The summed E-state index contributed by atoms with van der Waals surface area (Å²) in [5.74, 6) is 0.157. The van der Waals surface area contributed by atoms with Crippen LogP contribution < -0.4 is 0 Å². The minimum Gasteiger partial charge on any atom is -0.494 e. The number of likely N-dealkylation sites (tertiary alicyclic amines) is 1. The van der Waals surface area contributed by atoms with E-state index < -0.39 is 5.97 Å². The fraction of sp³-hybridized carbons (Fsp3) is 0.281. The van der Waals surface area contributed by atoms with Crippen LogP contribution in [0.2, 0.25) is 0 Å². The van der Waals surface area contributed by atoms with Gasteiger partial charge in [0, 0.05) is 41.7 Å². The van der Waals surface area contributed by atoms with E-state index in [1.807, 2.05) is 59.5 Å². The van der Waals surface area contributed by atoms with Gasteiger partial charge in [0.15, 0.2) is 5.88 Å². The van der Waals surface area contributed by atoms with Crippen LogP contribution in [-0.2, 0) is 4.74 Å². The Morgan fingerprint density at radius 1 is 0.975 bits per heavy atom. The number of aromatic amines is 1. The van der Waals surface area contributed by atoms with Gasteiger partial charge in [-0.2, -0.15) is 0 Å². The summed E-state index contributed by atoms with van der Waals surface area (Å²) >= 11 is 0. The lowest BCUT2D eigenvalue weighted by Crippen LogP contribution is -2.40. The number of aromatic nitrogens is 1. The smallest absolute Gasteiger partial charge is 0.337 e. The van der Waals surface area contributed by atoms with Gasteiger partial charge in [0.2, 0.25) is 0 Å². The molecule has 8 nitrogen and oxygen atoms in total. The molecule has 2 N–H and O–H groups in total. The molecule has 0 unspecified atom stereocenters. The molecule has 0 atom stereocenters. The Bertz CT molecular complexity index is 1530. The Labute approximate surface area is 233 Å². The van der Waals surface area contributed by atoms with Crippen molar-refractivity contribution in [2.75, 3.05) is 40.8 Å². The Kier molecular flexibility index (Phi) is 7.98. The summed E-state index contributed by atoms with van der Waals surface area (Å²) in [5.41, 5.74) is 4.17. The molecule has 0 saturated carbocycles. The molecule has 1 aliphatic heterocycles. The Morgan fingerprint density at radius 2 is 1.65 bits per heavy atom. The van der Waals surface area contributed by atoms with E-state index in [1.54, 1.807) is 18.2 Å². The molecule has 40 heavy (non-hydrogen) atoms. The van der Waals surface area contributed by atoms with Gasteiger partial charge in [-0.15, -0.1) is 0 Å². The van der Waals surface area contributed by atoms with Crippen molar-refractivity contribution in [2.45, 2.75) is 12.8 Å². The van der Waals surface area contributed by atoms with Crippen molar-refractivity contribution in [1.82, 2.24) is 14.8 Å². The van der Waals surface area contributed by atoms with Crippen molar-refractivity contribution in [3.05, 3.63) is 95.1 Å². The third-order valence-corrected chi connectivity index (χ3v) is 7.36. The number of hydrogen-bond acceptors (Lipinski definition) is 6. The zero-order valence-corrected chi connectivity index (χ0v) is 23.1. The lowest BCUT2D eigenvalue weighted by Gasteiger charge is -2.33. The number of ether oxygens (including phenoxy) is 1. The first-order valence-electron chi connectivity index (χ1n) is 13.5.